The van der Waals surface area contributed by atoms with E-state index >= 15 is 0 Å². The Bertz CT molecular complexity index is 1030. The fraction of sp³-hybridized carbons (Fsp3) is 0.200. The number of benzene rings is 3. The van der Waals surface area contributed by atoms with Gasteiger partial charge in [0.1, 0.15) is 5.82 Å². The topological polar surface area (TPSA) is 46.6 Å². The minimum atomic E-state index is -1.39. The van der Waals surface area contributed by atoms with Crippen molar-refractivity contribution in [1.29, 1.82) is 0 Å². The highest BCUT2D eigenvalue weighted by atomic mass is 19.2. The molecule has 0 unspecified atom stereocenters. The van der Waals surface area contributed by atoms with Gasteiger partial charge in [0.15, 0.2) is 17.4 Å². The van der Waals surface area contributed by atoms with Gasteiger partial charge in [-0.1, -0.05) is 60.7 Å². The molecule has 0 aliphatic carbocycles. The molecule has 0 bridgehead atoms. The van der Waals surface area contributed by atoms with Crippen LogP contribution in [0.3, 0.4) is 0 Å². The summed E-state index contributed by atoms with van der Waals surface area (Å²) in [6.45, 7) is 0.517. The molecule has 0 heterocycles. The maximum atomic E-state index is 14.4. The van der Waals surface area contributed by atoms with Gasteiger partial charge in [-0.25, -0.2) is 13.2 Å². The summed E-state index contributed by atoms with van der Waals surface area (Å²) in [6, 6.07) is 18.2. The Balaban J connectivity index is 2.03. The van der Waals surface area contributed by atoms with E-state index in [1.165, 1.54) is 7.11 Å². The third-order valence-corrected chi connectivity index (χ3v) is 5.06. The van der Waals surface area contributed by atoms with E-state index in [4.69, 9.17) is 4.74 Å². The summed E-state index contributed by atoms with van der Waals surface area (Å²) in [7, 11) is 1.18. The van der Waals surface area contributed by atoms with Gasteiger partial charge in [-0.15, -0.1) is 0 Å². The number of halogens is 3. The Kier molecular flexibility index (Phi) is 7.78. The Hall–Kier alpha value is -3.45. The second-order valence-electron chi connectivity index (χ2n) is 7.28. The van der Waals surface area contributed by atoms with E-state index in [9.17, 15) is 22.8 Å². The van der Waals surface area contributed by atoms with Crippen molar-refractivity contribution < 1.29 is 27.5 Å². The van der Waals surface area contributed by atoms with Gasteiger partial charge in [-0.05, 0) is 17.2 Å². The highest BCUT2D eigenvalue weighted by Gasteiger charge is 2.32. The molecular formula is C25H22F3NO3. The number of carbonyl (C=O) groups is 2. The van der Waals surface area contributed by atoms with Crippen molar-refractivity contribution >= 4 is 11.8 Å². The summed E-state index contributed by atoms with van der Waals surface area (Å²) in [5.74, 6) is -5.45. The van der Waals surface area contributed by atoms with E-state index in [2.05, 4.69) is 0 Å². The summed E-state index contributed by atoms with van der Waals surface area (Å²) in [5, 5.41) is 0. The van der Waals surface area contributed by atoms with Crippen LogP contribution in [0.1, 0.15) is 27.9 Å². The van der Waals surface area contributed by atoms with Gasteiger partial charge in [-0.3, -0.25) is 14.5 Å². The molecule has 1 atom stereocenters. The average Bonchev–Trinajstić information content (AvgIpc) is 2.80. The number of rotatable bonds is 9. The molecule has 4 nitrogen and oxygen atoms in total. The molecular weight excluding hydrogens is 419 g/mol. The number of carbonyl (C=O) groups excluding carboxylic acids is 2. The number of nitrogens with zero attached hydrogens (tertiary/aromatic N) is 1. The van der Waals surface area contributed by atoms with Crippen molar-refractivity contribution in [3.63, 3.8) is 0 Å². The van der Waals surface area contributed by atoms with Crippen molar-refractivity contribution in [2.45, 2.75) is 25.6 Å². The quantitative estimate of drug-likeness (QED) is 0.269. The van der Waals surface area contributed by atoms with E-state index in [0.29, 0.717) is 12.1 Å². The van der Waals surface area contributed by atoms with E-state index in [-0.39, 0.29) is 19.5 Å². The second kappa shape index (κ2) is 10.7. The van der Waals surface area contributed by atoms with Crippen LogP contribution in [0.4, 0.5) is 13.2 Å². The number of ether oxygens (including phenoxy) is 1. The molecule has 3 aromatic carbocycles. The van der Waals surface area contributed by atoms with Crippen LogP contribution in [-0.2, 0) is 22.6 Å². The normalized spacial score (nSPS) is 11.9. The molecule has 0 saturated heterocycles. The lowest BCUT2D eigenvalue weighted by Crippen LogP contribution is -2.42. The molecule has 0 saturated carbocycles. The van der Waals surface area contributed by atoms with E-state index < -0.39 is 40.8 Å². The summed E-state index contributed by atoms with van der Waals surface area (Å²) in [4.78, 5) is 27.2. The van der Waals surface area contributed by atoms with Crippen LogP contribution in [0.5, 0.6) is 0 Å². The molecule has 0 amide bonds. The Morgan fingerprint density at radius 2 is 1.31 bits per heavy atom. The smallest absolute Gasteiger partial charge is 0.307 e. The average molecular weight is 441 g/mol. The summed E-state index contributed by atoms with van der Waals surface area (Å²) in [6.07, 6.45) is -0.382. The van der Waals surface area contributed by atoms with Crippen molar-refractivity contribution in [3.05, 3.63) is 107 Å². The fourth-order valence-corrected chi connectivity index (χ4v) is 3.43. The van der Waals surface area contributed by atoms with Gasteiger partial charge in [0.2, 0.25) is 0 Å². The first-order valence-corrected chi connectivity index (χ1v) is 9.96. The number of methoxy groups -OCH3 is 1. The predicted molar refractivity (Wildman–Crippen MR) is 113 cm³/mol. The van der Waals surface area contributed by atoms with Gasteiger partial charge in [0, 0.05) is 19.2 Å². The monoisotopic (exact) mass is 441 g/mol. The van der Waals surface area contributed by atoms with Crippen molar-refractivity contribution in [3.8, 4) is 0 Å². The van der Waals surface area contributed by atoms with Gasteiger partial charge < -0.3 is 4.74 Å². The molecule has 3 aromatic rings. The standard InChI is InChI=1S/C25H22F3NO3/c1-32-24(30)14-23(25(31)19-12-21(27)22(28)13-20(19)26)29(15-17-8-4-2-5-9-17)16-18-10-6-3-7-11-18/h2-13,23H,14-16H2,1H3/t23-/m0/s1. The predicted octanol–water partition coefficient (Wildman–Crippen LogP) is 4.92. The molecule has 0 fully saturated rings. The van der Waals surface area contributed by atoms with Crippen LogP contribution in [-0.4, -0.2) is 29.8 Å². The van der Waals surface area contributed by atoms with Crippen molar-refractivity contribution in [2.75, 3.05) is 7.11 Å². The van der Waals surface area contributed by atoms with Gasteiger partial charge in [0.25, 0.3) is 0 Å². The number of Topliss-reactive ketones (excluding diaryl/α,β-unsaturated/α-hetero) is 1. The molecule has 3 rings (SSSR count). The third kappa shape index (κ3) is 5.82. The van der Waals surface area contributed by atoms with Crippen molar-refractivity contribution in [2.24, 2.45) is 0 Å². The Labute approximate surface area is 184 Å². The first-order chi connectivity index (χ1) is 15.4. The molecule has 0 N–H and O–H groups in total. The van der Waals surface area contributed by atoms with Crippen LogP contribution in [0.2, 0.25) is 0 Å². The molecule has 0 aromatic heterocycles. The SMILES string of the molecule is COC(=O)C[C@@H](C(=O)c1cc(F)c(F)cc1F)N(Cc1ccccc1)Cc1ccccc1. The maximum Gasteiger partial charge on any atom is 0.307 e. The zero-order valence-corrected chi connectivity index (χ0v) is 17.4. The third-order valence-electron chi connectivity index (χ3n) is 5.06. The highest BCUT2D eigenvalue weighted by molar-refractivity contribution is 6.02. The summed E-state index contributed by atoms with van der Waals surface area (Å²) < 4.78 is 46.4. The highest BCUT2D eigenvalue weighted by Crippen LogP contribution is 2.22. The molecule has 0 radical (unpaired) electrons. The van der Waals surface area contributed by atoms with Crippen LogP contribution in [0.15, 0.2) is 72.8 Å². The summed E-state index contributed by atoms with van der Waals surface area (Å²) in [5.41, 5.74) is 1.10. The molecule has 0 aliphatic heterocycles. The van der Waals surface area contributed by atoms with Crippen LogP contribution in [0.25, 0.3) is 0 Å². The largest absolute Gasteiger partial charge is 0.469 e. The lowest BCUT2D eigenvalue weighted by Gasteiger charge is -2.30. The Morgan fingerprint density at radius 3 is 1.81 bits per heavy atom. The first-order valence-electron chi connectivity index (χ1n) is 9.96. The first kappa shape index (κ1) is 23.2. The second-order valence-corrected chi connectivity index (χ2v) is 7.28. The molecule has 0 spiro atoms. The molecule has 0 aliphatic rings. The minimum absolute atomic E-state index is 0.258. The number of esters is 1. The molecule has 166 valence electrons. The van der Waals surface area contributed by atoms with E-state index in [1.807, 2.05) is 60.7 Å². The number of hydrogen-bond acceptors (Lipinski definition) is 4. The van der Waals surface area contributed by atoms with Gasteiger partial charge >= 0.3 is 5.97 Å². The zero-order valence-electron chi connectivity index (χ0n) is 17.4. The lowest BCUT2D eigenvalue weighted by atomic mass is 9.97. The summed E-state index contributed by atoms with van der Waals surface area (Å²) >= 11 is 0. The molecule has 7 heteroatoms. The fourth-order valence-electron chi connectivity index (χ4n) is 3.43. The van der Waals surface area contributed by atoms with Crippen molar-refractivity contribution in [1.82, 2.24) is 4.90 Å². The van der Waals surface area contributed by atoms with Crippen LogP contribution < -0.4 is 0 Å². The van der Waals surface area contributed by atoms with E-state index in [1.54, 1.807) is 4.90 Å². The Morgan fingerprint density at radius 1 is 0.812 bits per heavy atom. The van der Waals surface area contributed by atoms with Crippen LogP contribution in [0, 0.1) is 17.5 Å². The van der Waals surface area contributed by atoms with Gasteiger partial charge in [0.05, 0.1) is 25.1 Å². The molecule has 32 heavy (non-hydrogen) atoms. The minimum Gasteiger partial charge on any atom is -0.469 e. The maximum absolute atomic E-state index is 14.4. The lowest BCUT2D eigenvalue weighted by molar-refractivity contribution is -0.141. The number of ketones is 1. The number of hydrogen-bond donors (Lipinski definition) is 0. The van der Waals surface area contributed by atoms with E-state index in [0.717, 1.165) is 11.1 Å². The zero-order chi connectivity index (χ0) is 23.1. The van der Waals surface area contributed by atoms with Gasteiger partial charge in [-0.2, -0.15) is 0 Å². The van der Waals surface area contributed by atoms with Crippen LogP contribution >= 0.6 is 0 Å².